The van der Waals surface area contributed by atoms with Gasteiger partial charge in [-0.2, -0.15) is 0 Å². The van der Waals surface area contributed by atoms with Crippen LogP contribution >= 0.6 is 0 Å². The molecule has 0 amide bonds. The highest BCUT2D eigenvalue weighted by Crippen LogP contribution is 2.23. The van der Waals surface area contributed by atoms with Crippen molar-refractivity contribution in [3.05, 3.63) is 65.2 Å². The Balaban J connectivity index is 1.71. The second kappa shape index (κ2) is 9.53. The van der Waals surface area contributed by atoms with Crippen molar-refractivity contribution in [2.75, 3.05) is 38.2 Å². The molecule has 3 N–H and O–H groups in total. The molecule has 0 bridgehead atoms. The fourth-order valence-electron chi connectivity index (χ4n) is 3.39. The molecule has 1 aliphatic rings. The SMILES string of the molecule is CCc1ccc(NC(N)=NCC(c2cccc(C)c2)N2CCOCC2)cc1. The molecule has 0 radical (unpaired) electrons. The van der Waals surface area contributed by atoms with E-state index in [9.17, 15) is 0 Å². The summed E-state index contributed by atoms with van der Waals surface area (Å²) >= 11 is 0. The first-order valence-corrected chi connectivity index (χ1v) is 9.70. The molecule has 1 atom stereocenters. The van der Waals surface area contributed by atoms with Crippen molar-refractivity contribution < 1.29 is 4.74 Å². The monoisotopic (exact) mass is 366 g/mol. The summed E-state index contributed by atoms with van der Waals surface area (Å²) in [5, 5.41) is 3.20. The third kappa shape index (κ3) is 5.55. The summed E-state index contributed by atoms with van der Waals surface area (Å²) in [5.41, 5.74) is 11.0. The molecule has 0 aromatic heterocycles. The van der Waals surface area contributed by atoms with E-state index in [0.717, 1.165) is 38.4 Å². The van der Waals surface area contributed by atoms with Gasteiger partial charge in [0, 0.05) is 18.8 Å². The van der Waals surface area contributed by atoms with Crippen molar-refractivity contribution in [2.24, 2.45) is 10.7 Å². The Kier molecular flexibility index (Phi) is 6.85. The Bertz CT molecular complexity index is 751. The van der Waals surface area contributed by atoms with Gasteiger partial charge in [-0.15, -0.1) is 0 Å². The maximum Gasteiger partial charge on any atom is 0.193 e. The molecule has 144 valence electrons. The number of nitrogens with two attached hydrogens (primary N) is 1. The molecule has 1 unspecified atom stereocenters. The molecule has 1 fully saturated rings. The van der Waals surface area contributed by atoms with E-state index in [2.05, 4.69) is 65.5 Å². The zero-order valence-electron chi connectivity index (χ0n) is 16.3. The average molecular weight is 367 g/mol. The van der Waals surface area contributed by atoms with Gasteiger partial charge in [0.05, 0.1) is 25.8 Å². The lowest BCUT2D eigenvalue weighted by Gasteiger charge is -2.34. The lowest BCUT2D eigenvalue weighted by atomic mass is 10.0. The van der Waals surface area contributed by atoms with Crippen LogP contribution in [0.3, 0.4) is 0 Å². The van der Waals surface area contributed by atoms with Crippen LogP contribution in [0.5, 0.6) is 0 Å². The number of nitrogens with zero attached hydrogens (tertiary/aromatic N) is 2. The van der Waals surface area contributed by atoms with Crippen LogP contribution in [0.25, 0.3) is 0 Å². The molecule has 27 heavy (non-hydrogen) atoms. The van der Waals surface area contributed by atoms with Crippen LogP contribution in [0.15, 0.2) is 53.5 Å². The van der Waals surface area contributed by atoms with Crippen LogP contribution in [0, 0.1) is 6.92 Å². The second-order valence-corrected chi connectivity index (χ2v) is 6.98. The summed E-state index contributed by atoms with van der Waals surface area (Å²) in [6.07, 6.45) is 1.03. The fraction of sp³-hybridized carbons (Fsp3) is 0.409. The lowest BCUT2D eigenvalue weighted by molar-refractivity contribution is 0.0180. The van der Waals surface area contributed by atoms with E-state index in [-0.39, 0.29) is 6.04 Å². The molecule has 5 heteroatoms. The molecule has 0 saturated carbocycles. The number of guanidine groups is 1. The standard InChI is InChI=1S/C22H30N4O/c1-3-18-7-9-20(10-8-18)25-22(23)24-16-21(26-11-13-27-14-12-26)19-6-4-5-17(2)15-19/h4-10,15,21H,3,11-14,16H2,1-2H3,(H3,23,24,25). The second-order valence-electron chi connectivity index (χ2n) is 6.98. The van der Waals surface area contributed by atoms with Gasteiger partial charge in [0.15, 0.2) is 5.96 Å². The van der Waals surface area contributed by atoms with Crippen molar-refractivity contribution >= 4 is 11.6 Å². The number of nitrogens with one attached hydrogen (secondary N) is 1. The normalized spacial score (nSPS) is 16.9. The smallest absolute Gasteiger partial charge is 0.193 e. The highest BCUT2D eigenvalue weighted by Gasteiger charge is 2.22. The van der Waals surface area contributed by atoms with Crippen LogP contribution in [0.1, 0.15) is 29.7 Å². The van der Waals surface area contributed by atoms with Gasteiger partial charge in [-0.3, -0.25) is 9.89 Å². The number of benzene rings is 2. The Morgan fingerprint density at radius 1 is 1.19 bits per heavy atom. The molecule has 2 aromatic rings. The van der Waals surface area contributed by atoms with E-state index in [4.69, 9.17) is 10.5 Å². The molecule has 3 rings (SSSR count). The Morgan fingerprint density at radius 2 is 1.93 bits per heavy atom. The van der Waals surface area contributed by atoms with Gasteiger partial charge in [0.25, 0.3) is 0 Å². The first-order chi connectivity index (χ1) is 13.2. The van der Waals surface area contributed by atoms with Crippen molar-refractivity contribution in [3.63, 3.8) is 0 Å². The van der Waals surface area contributed by atoms with Crippen LogP contribution in [0.4, 0.5) is 5.69 Å². The summed E-state index contributed by atoms with van der Waals surface area (Å²) < 4.78 is 5.52. The predicted molar refractivity (Wildman–Crippen MR) is 112 cm³/mol. The Labute approximate surface area is 162 Å². The van der Waals surface area contributed by atoms with Crippen molar-refractivity contribution in [3.8, 4) is 0 Å². The quantitative estimate of drug-likeness (QED) is 0.608. The maximum atomic E-state index is 6.16. The third-order valence-electron chi connectivity index (χ3n) is 4.98. The van der Waals surface area contributed by atoms with Gasteiger partial charge in [0.2, 0.25) is 0 Å². The van der Waals surface area contributed by atoms with Gasteiger partial charge in [-0.05, 0) is 36.6 Å². The zero-order valence-corrected chi connectivity index (χ0v) is 16.3. The van der Waals surface area contributed by atoms with Crippen LogP contribution in [-0.2, 0) is 11.2 Å². The largest absolute Gasteiger partial charge is 0.379 e. The molecular formula is C22H30N4O. The lowest BCUT2D eigenvalue weighted by Crippen LogP contribution is -2.40. The van der Waals surface area contributed by atoms with E-state index in [0.29, 0.717) is 12.5 Å². The van der Waals surface area contributed by atoms with E-state index >= 15 is 0 Å². The molecule has 0 spiro atoms. The summed E-state index contributed by atoms with van der Waals surface area (Å²) in [6, 6.07) is 17.2. The Hall–Kier alpha value is -2.37. The minimum atomic E-state index is 0.205. The van der Waals surface area contributed by atoms with E-state index < -0.39 is 0 Å². The summed E-state index contributed by atoms with van der Waals surface area (Å²) in [4.78, 5) is 7.08. The van der Waals surface area contributed by atoms with Crippen molar-refractivity contribution in [2.45, 2.75) is 26.3 Å². The number of anilines is 1. The highest BCUT2D eigenvalue weighted by atomic mass is 16.5. The number of morpholine rings is 1. The number of aliphatic imine (C=N–C) groups is 1. The van der Waals surface area contributed by atoms with Crippen LogP contribution in [-0.4, -0.2) is 43.7 Å². The number of aryl methyl sites for hydroxylation is 2. The van der Waals surface area contributed by atoms with E-state index in [1.54, 1.807) is 0 Å². The summed E-state index contributed by atoms with van der Waals surface area (Å²) in [5.74, 6) is 0.449. The van der Waals surface area contributed by atoms with E-state index in [1.807, 2.05) is 12.1 Å². The molecule has 1 aliphatic heterocycles. The molecular weight excluding hydrogens is 336 g/mol. The number of ether oxygens (including phenoxy) is 1. The van der Waals surface area contributed by atoms with Crippen molar-refractivity contribution in [1.82, 2.24) is 4.90 Å². The maximum absolute atomic E-state index is 6.16. The molecule has 2 aromatic carbocycles. The first-order valence-electron chi connectivity index (χ1n) is 9.70. The van der Waals surface area contributed by atoms with Gasteiger partial charge in [-0.1, -0.05) is 48.9 Å². The van der Waals surface area contributed by atoms with E-state index in [1.165, 1.54) is 16.7 Å². The fourth-order valence-corrected chi connectivity index (χ4v) is 3.39. The first kappa shape index (κ1) is 19.4. The van der Waals surface area contributed by atoms with Crippen LogP contribution < -0.4 is 11.1 Å². The highest BCUT2D eigenvalue weighted by molar-refractivity contribution is 5.92. The Morgan fingerprint density at radius 3 is 2.59 bits per heavy atom. The number of rotatable bonds is 6. The molecule has 0 aliphatic carbocycles. The molecule has 1 heterocycles. The van der Waals surface area contributed by atoms with Gasteiger partial charge >= 0.3 is 0 Å². The van der Waals surface area contributed by atoms with Gasteiger partial charge in [0.1, 0.15) is 0 Å². The third-order valence-corrected chi connectivity index (χ3v) is 4.98. The van der Waals surface area contributed by atoms with Crippen molar-refractivity contribution in [1.29, 1.82) is 0 Å². The summed E-state index contributed by atoms with van der Waals surface area (Å²) in [6.45, 7) is 8.26. The number of hydrogen-bond acceptors (Lipinski definition) is 3. The average Bonchev–Trinajstić information content (AvgIpc) is 2.70. The summed E-state index contributed by atoms with van der Waals surface area (Å²) in [7, 11) is 0. The van der Waals surface area contributed by atoms with Crippen LogP contribution in [0.2, 0.25) is 0 Å². The minimum absolute atomic E-state index is 0.205. The van der Waals surface area contributed by atoms with Gasteiger partial charge in [-0.25, -0.2) is 0 Å². The zero-order chi connectivity index (χ0) is 19.1. The topological polar surface area (TPSA) is 62.9 Å². The number of hydrogen-bond donors (Lipinski definition) is 2. The van der Waals surface area contributed by atoms with Gasteiger partial charge < -0.3 is 15.8 Å². The molecule has 1 saturated heterocycles. The molecule has 5 nitrogen and oxygen atoms in total. The predicted octanol–water partition coefficient (Wildman–Crippen LogP) is 3.36. The minimum Gasteiger partial charge on any atom is -0.379 e.